The largest absolute Gasteiger partial charge is 0.339 e. The lowest BCUT2D eigenvalue weighted by Gasteiger charge is -2.10. The Kier molecular flexibility index (Phi) is 3.55. The third kappa shape index (κ3) is 2.77. The predicted molar refractivity (Wildman–Crippen MR) is 90.2 cm³/mol. The maximum Gasteiger partial charge on any atom is 0.165 e. The average Bonchev–Trinajstić information content (AvgIpc) is 2.62. The lowest BCUT2D eigenvalue weighted by atomic mass is 10.2. The molecule has 6 heteroatoms. The fraction of sp³-hybridized carbons (Fsp3) is 0. The van der Waals surface area contributed by atoms with E-state index in [9.17, 15) is 4.39 Å². The molecule has 3 aromatic heterocycles. The van der Waals surface area contributed by atoms with Gasteiger partial charge in [0.2, 0.25) is 0 Å². The molecule has 3 heterocycles. The monoisotopic (exact) mass is 317 g/mol. The van der Waals surface area contributed by atoms with Crippen molar-refractivity contribution in [2.24, 2.45) is 0 Å². The van der Waals surface area contributed by atoms with E-state index in [4.69, 9.17) is 0 Å². The predicted octanol–water partition coefficient (Wildman–Crippen LogP) is 3.97. The number of nitrogens with zero attached hydrogens (tertiary/aromatic N) is 4. The van der Waals surface area contributed by atoms with E-state index in [0.717, 1.165) is 10.9 Å². The number of pyridine rings is 2. The Morgan fingerprint density at radius 2 is 1.75 bits per heavy atom. The molecule has 0 saturated heterocycles. The molecule has 1 N–H and O–H groups in total. The number of fused-ring (bicyclic) bond motifs is 1. The van der Waals surface area contributed by atoms with Crippen LogP contribution in [-0.4, -0.2) is 19.9 Å². The number of aromatic nitrogens is 4. The first-order chi connectivity index (χ1) is 11.8. The van der Waals surface area contributed by atoms with Gasteiger partial charge in [0.25, 0.3) is 0 Å². The van der Waals surface area contributed by atoms with Gasteiger partial charge in [0.05, 0.1) is 5.39 Å². The maximum absolute atomic E-state index is 13.4. The quantitative estimate of drug-likeness (QED) is 0.619. The van der Waals surface area contributed by atoms with Gasteiger partial charge >= 0.3 is 0 Å². The summed E-state index contributed by atoms with van der Waals surface area (Å²) < 4.78 is 13.4. The third-order valence-electron chi connectivity index (χ3n) is 3.50. The molecule has 24 heavy (non-hydrogen) atoms. The summed E-state index contributed by atoms with van der Waals surface area (Å²) in [6.07, 6.45) is 5.04. The molecule has 0 aliphatic carbocycles. The fourth-order valence-corrected chi connectivity index (χ4v) is 2.39. The zero-order valence-electron chi connectivity index (χ0n) is 12.5. The number of rotatable bonds is 3. The van der Waals surface area contributed by atoms with Crippen molar-refractivity contribution in [3.05, 3.63) is 72.9 Å². The Morgan fingerprint density at radius 1 is 0.875 bits per heavy atom. The molecule has 0 spiro atoms. The summed E-state index contributed by atoms with van der Waals surface area (Å²) in [4.78, 5) is 17.4. The summed E-state index contributed by atoms with van der Waals surface area (Å²) >= 11 is 0. The van der Waals surface area contributed by atoms with Crippen molar-refractivity contribution in [1.29, 1.82) is 0 Å². The second kappa shape index (κ2) is 6.00. The van der Waals surface area contributed by atoms with Crippen LogP contribution in [0.1, 0.15) is 0 Å². The first-order valence-electron chi connectivity index (χ1n) is 7.35. The van der Waals surface area contributed by atoms with Crippen LogP contribution in [0, 0.1) is 5.82 Å². The molecule has 0 radical (unpaired) electrons. The Balaban J connectivity index is 1.86. The van der Waals surface area contributed by atoms with Gasteiger partial charge in [-0.05, 0) is 42.5 Å². The molecule has 0 bridgehead atoms. The third-order valence-corrected chi connectivity index (χ3v) is 3.50. The first-order valence-corrected chi connectivity index (χ1v) is 7.35. The van der Waals surface area contributed by atoms with Gasteiger partial charge in [-0.2, -0.15) is 0 Å². The molecule has 0 fully saturated rings. The molecular formula is C18H12FN5. The Morgan fingerprint density at radius 3 is 2.58 bits per heavy atom. The summed E-state index contributed by atoms with van der Waals surface area (Å²) in [5.74, 6) is 0.791. The van der Waals surface area contributed by atoms with E-state index in [0.29, 0.717) is 23.0 Å². The van der Waals surface area contributed by atoms with Crippen molar-refractivity contribution < 1.29 is 4.39 Å². The van der Waals surface area contributed by atoms with Gasteiger partial charge in [0.1, 0.15) is 11.6 Å². The van der Waals surface area contributed by atoms with Gasteiger partial charge in [-0.25, -0.2) is 19.3 Å². The van der Waals surface area contributed by atoms with Crippen LogP contribution in [0.3, 0.4) is 0 Å². The number of hydrogen-bond donors (Lipinski definition) is 1. The van der Waals surface area contributed by atoms with E-state index >= 15 is 0 Å². The fourth-order valence-electron chi connectivity index (χ4n) is 2.39. The minimum Gasteiger partial charge on any atom is -0.339 e. The van der Waals surface area contributed by atoms with Crippen LogP contribution in [0.4, 0.5) is 15.9 Å². The minimum absolute atomic E-state index is 0.314. The van der Waals surface area contributed by atoms with E-state index in [1.54, 1.807) is 30.7 Å². The molecule has 0 atom stereocenters. The molecular weight excluding hydrogens is 305 g/mol. The van der Waals surface area contributed by atoms with Gasteiger partial charge < -0.3 is 5.32 Å². The molecule has 116 valence electrons. The van der Waals surface area contributed by atoms with Crippen LogP contribution in [0.2, 0.25) is 0 Å². The highest BCUT2D eigenvalue weighted by Crippen LogP contribution is 2.26. The lowest BCUT2D eigenvalue weighted by molar-refractivity contribution is 0.628. The second-order valence-corrected chi connectivity index (χ2v) is 5.14. The Bertz CT molecular complexity index is 1000. The number of nitrogens with one attached hydrogen (secondary N) is 1. The molecule has 1 aromatic carbocycles. The van der Waals surface area contributed by atoms with E-state index in [-0.39, 0.29) is 5.82 Å². The van der Waals surface area contributed by atoms with Crippen LogP contribution in [0.5, 0.6) is 0 Å². The van der Waals surface area contributed by atoms with Gasteiger partial charge in [-0.15, -0.1) is 0 Å². The SMILES string of the molecule is Fc1cccc(Nc2nc(-c3ccncc3)nc3ncccc23)c1. The van der Waals surface area contributed by atoms with Crippen molar-refractivity contribution in [3.63, 3.8) is 0 Å². The molecule has 0 amide bonds. The van der Waals surface area contributed by atoms with Crippen LogP contribution in [0.25, 0.3) is 22.4 Å². The molecule has 4 aromatic rings. The Labute approximate surface area is 137 Å². The first kappa shape index (κ1) is 14.2. The smallest absolute Gasteiger partial charge is 0.165 e. The van der Waals surface area contributed by atoms with E-state index in [1.807, 2.05) is 24.3 Å². The molecule has 0 aliphatic heterocycles. The molecule has 5 nitrogen and oxygen atoms in total. The van der Waals surface area contributed by atoms with Gasteiger partial charge in [0.15, 0.2) is 11.5 Å². The molecule has 0 saturated carbocycles. The van der Waals surface area contributed by atoms with Crippen LogP contribution in [0.15, 0.2) is 67.1 Å². The normalized spacial score (nSPS) is 10.7. The average molecular weight is 317 g/mol. The number of halogens is 1. The Hall–Kier alpha value is -3.41. The van der Waals surface area contributed by atoms with E-state index in [2.05, 4.69) is 25.3 Å². The summed E-state index contributed by atoms with van der Waals surface area (Å²) in [5, 5.41) is 3.91. The maximum atomic E-state index is 13.4. The number of hydrogen-bond acceptors (Lipinski definition) is 5. The highest BCUT2D eigenvalue weighted by Gasteiger charge is 2.10. The van der Waals surface area contributed by atoms with Crippen LogP contribution < -0.4 is 5.32 Å². The molecule has 0 unspecified atom stereocenters. The van der Waals surface area contributed by atoms with Crippen LogP contribution in [-0.2, 0) is 0 Å². The zero-order valence-corrected chi connectivity index (χ0v) is 12.5. The minimum atomic E-state index is -0.314. The standard InChI is InChI=1S/C18H12FN5/c19-13-3-1-4-14(11-13)22-18-15-5-2-8-21-17(15)23-16(24-18)12-6-9-20-10-7-12/h1-11H,(H,21,22,23,24). The lowest BCUT2D eigenvalue weighted by Crippen LogP contribution is -2.00. The summed E-state index contributed by atoms with van der Waals surface area (Å²) in [6.45, 7) is 0. The van der Waals surface area contributed by atoms with E-state index in [1.165, 1.54) is 12.1 Å². The highest BCUT2D eigenvalue weighted by atomic mass is 19.1. The molecule has 0 aliphatic rings. The van der Waals surface area contributed by atoms with Gasteiger partial charge in [0, 0.05) is 29.8 Å². The second-order valence-electron chi connectivity index (χ2n) is 5.14. The number of anilines is 2. The van der Waals surface area contributed by atoms with Crippen molar-refractivity contribution in [2.45, 2.75) is 0 Å². The van der Waals surface area contributed by atoms with Gasteiger partial charge in [-0.3, -0.25) is 4.98 Å². The van der Waals surface area contributed by atoms with E-state index < -0.39 is 0 Å². The molecule has 4 rings (SSSR count). The van der Waals surface area contributed by atoms with Crippen molar-refractivity contribution in [2.75, 3.05) is 5.32 Å². The van der Waals surface area contributed by atoms with Gasteiger partial charge in [-0.1, -0.05) is 6.07 Å². The summed E-state index contributed by atoms with van der Waals surface area (Å²) in [6, 6.07) is 13.6. The summed E-state index contributed by atoms with van der Waals surface area (Å²) in [5.41, 5.74) is 2.01. The zero-order chi connectivity index (χ0) is 16.4. The van der Waals surface area contributed by atoms with Crippen molar-refractivity contribution in [1.82, 2.24) is 19.9 Å². The van der Waals surface area contributed by atoms with Crippen LogP contribution >= 0.6 is 0 Å². The summed E-state index contributed by atoms with van der Waals surface area (Å²) in [7, 11) is 0. The number of benzene rings is 1. The van der Waals surface area contributed by atoms with Crippen molar-refractivity contribution >= 4 is 22.5 Å². The highest BCUT2D eigenvalue weighted by molar-refractivity contribution is 5.89. The van der Waals surface area contributed by atoms with Crippen molar-refractivity contribution in [3.8, 4) is 11.4 Å². The topological polar surface area (TPSA) is 63.6 Å².